The van der Waals surface area contributed by atoms with Crippen LogP contribution in [-0.2, 0) is 12.8 Å². The topological polar surface area (TPSA) is 41.1 Å². The fraction of sp³-hybridized carbons (Fsp3) is 0.765. The summed E-state index contributed by atoms with van der Waals surface area (Å²) < 4.78 is 0. The summed E-state index contributed by atoms with van der Waals surface area (Å²) in [6.45, 7) is 8.68. The van der Waals surface area contributed by atoms with Crippen LogP contribution in [0, 0.1) is 19.8 Å². The first-order valence-electron chi connectivity index (χ1n) is 8.16. The minimum atomic E-state index is 0.638. The lowest BCUT2D eigenvalue weighted by molar-refractivity contribution is 0.409. The smallest absolute Gasteiger partial charge is 0.130 e. The Morgan fingerprint density at radius 1 is 1.19 bits per heavy atom. The van der Waals surface area contributed by atoms with Gasteiger partial charge in [0.25, 0.3) is 0 Å². The zero-order valence-corrected chi connectivity index (χ0v) is 14.2. The molecular weight excluding hydrogens is 260 g/mol. The summed E-state index contributed by atoms with van der Waals surface area (Å²) in [4.78, 5) is 11.6. The van der Waals surface area contributed by atoms with Gasteiger partial charge in [-0.05, 0) is 65.2 Å². The largest absolute Gasteiger partial charge is 0.314 e. The molecule has 0 spiro atoms. The van der Waals surface area contributed by atoms with Gasteiger partial charge in [0.05, 0.1) is 0 Å². The van der Waals surface area contributed by atoms with Crippen molar-refractivity contribution in [3.63, 3.8) is 0 Å². The number of rotatable bonds is 8. The Kier molecular flexibility index (Phi) is 5.71. The summed E-state index contributed by atoms with van der Waals surface area (Å²) in [5, 5.41) is 3.61. The van der Waals surface area contributed by atoms with Crippen molar-refractivity contribution in [1.29, 1.82) is 0 Å². The van der Waals surface area contributed by atoms with Crippen molar-refractivity contribution in [1.82, 2.24) is 20.2 Å². The molecule has 0 bridgehead atoms. The number of nitrogens with zero attached hydrogens (tertiary/aromatic N) is 3. The molecule has 118 valence electrons. The molecule has 4 nitrogen and oxygen atoms in total. The van der Waals surface area contributed by atoms with E-state index in [9.17, 15) is 0 Å². The third-order valence-electron chi connectivity index (χ3n) is 4.13. The maximum Gasteiger partial charge on any atom is 0.130 e. The summed E-state index contributed by atoms with van der Waals surface area (Å²) in [5.74, 6) is 1.62. The van der Waals surface area contributed by atoms with Gasteiger partial charge in [0, 0.05) is 30.4 Å². The van der Waals surface area contributed by atoms with Crippen molar-refractivity contribution >= 4 is 0 Å². The minimum absolute atomic E-state index is 0.638. The molecule has 1 aromatic heterocycles. The third-order valence-corrected chi connectivity index (χ3v) is 4.13. The molecule has 1 N–H and O–H groups in total. The predicted molar refractivity (Wildman–Crippen MR) is 87.7 cm³/mol. The number of hydrogen-bond donors (Lipinski definition) is 1. The SMILES string of the molecule is Cc1nc(CCN(C)C)nc(C)c1CC(C)CNC1CC1. The van der Waals surface area contributed by atoms with E-state index in [1.807, 2.05) is 0 Å². The van der Waals surface area contributed by atoms with Gasteiger partial charge in [-0.25, -0.2) is 9.97 Å². The Morgan fingerprint density at radius 3 is 2.33 bits per heavy atom. The van der Waals surface area contributed by atoms with Crippen LogP contribution < -0.4 is 5.32 Å². The van der Waals surface area contributed by atoms with Crippen molar-refractivity contribution < 1.29 is 0 Å². The number of hydrogen-bond acceptors (Lipinski definition) is 4. The summed E-state index contributed by atoms with van der Waals surface area (Å²) in [7, 11) is 4.17. The first-order valence-corrected chi connectivity index (χ1v) is 8.16. The van der Waals surface area contributed by atoms with Gasteiger partial charge in [0.1, 0.15) is 5.82 Å². The summed E-state index contributed by atoms with van der Waals surface area (Å²) in [5.41, 5.74) is 3.66. The molecule has 1 fully saturated rings. The molecule has 21 heavy (non-hydrogen) atoms. The molecule has 0 saturated heterocycles. The second-order valence-electron chi connectivity index (χ2n) is 6.83. The van der Waals surface area contributed by atoms with E-state index in [1.54, 1.807) is 0 Å². The molecule has 0 aromatic carbocycles. The number of aromatic nitrogens is 2. The molecule has 1 saturated carbocycles. The quantitative estimate of drug-likeness (QED) is 0.796. The Hall–Kier alpha value is -1.00. The summed E-state index contributed by atoms with van der Waals surface area (Å²) in [6.07, 6.45) is 4.71. The van der Waals surface area contributed by atoms with Crippen molar-refractivity contribution in [3.05, 3.63) is 22.8 Å². The predicted octanol–water partition coefficient (Wildman–Crippen LogP) is 2.13. The standard InChI is InChI=1S/C17H30N4/c1-12(11-18-15-6-7-15)10-16-13(2)19-17(20-14(16)3)8-9-21(4)5/h12,15,18H,6-11H2,1-5H3. The fourth-order valence-corrected chi connectivity index (χ4v) is 2.62. The van der Waals surface area contributed by atoms with E-state index in [0.717, 1.165) is 49.2 Å². The van der Waals surface area contributed by atoms with E-state index in [1.165, 1.54) is 18.4 Å². The molecule has 4 heteroatoms. The normalized spacial score (nSPS) is 16.5. The maximum atomic E-state index is 4.71. The van der Waals surface area contributed by atoms with E-state index in [0.29, 0.717) is 5.92 Å². The second kappa shape index (κ2) is 7.32. The van der Waals surface area contributed by atoms with Crippen molar-refractivity contribution in [2.75, 3.05) is 27.2 Å². The Bertz CT molecular complexity index is 443. The Labute approximate surface area is 129 Å². The van der Waals surface area contributed by atoms with Gasteiger partial charge in [-0.3, -0.25) is 0 Å². The number of aryl methyl sites for hydroxylation is 2. The van der Waals surface area contributed by atoms with Crippen LogP contribution in [-0.4, -0.2) is 48.1 Å². The highest BCUT2D eigenvalue weighted by Crippen LogP contribution is 2.20. The highest BCUT2D eigenvalue weighted by atomic mass is 15.1. The number of nitrogens with one attached hydrogen (secondary N) is 1. The van der Waals surface area contributed by atoms with Gasteiger partial charge in [0.2, 0.25) is 0 Å². The van der Waals surface area contributed by atoms with Gasteiger partial charge < -0.3 is 10.2 Å². The lowest BCUT2D eigenvalue weighted by atomic mass is 9.98. The average Bonchev–Trinajstić information content (AvgIpc) is 3.22. The van der Waals surface area contributed by atoms with Crippen LogP contribution in [0.5, 0.6) is 0 Å². The van der Waals surface area contributed by atoms with Crippen LogP contribution in [0.4, 0.5) is 0 Å². The van der Waals surface area contributed by atoms with E-state index in [-0.39, 0.29) is 0 Å². The molecule has 1 aliphatic rings. The molecule has 1 aliphatic carbocycles. The van der Waals surface area contributed by atoms with E-state index in [2.05, 4.69) is 45.1 Å². The van der Waals surface area contributed by atoms with Crippen LogP contribution in [0.3, 0.4) is 0 Å². The van der Waals surface area contributed by atoms with Crippen molar-refractivity contribution in [2.45, 2.75) is 52.5 Å². The van der Waals surface area contributed by atoms with E-state index < -0.39 is 0 Å². The molecule has 1 heterocycles. The number of likely N-dealkylation sites (N-methyl/N-ethyl adjacent to an activating group) is 1. The van der Waals surface area contributed by atoms with Gasteiger partial charge in [0.15, 0.2) is 0 Å². The molecular formula is C17H30N4. The van der Waals surface area contributed by atoms with E-state index >= 15 is 0 Å². The van der Waals surface area contributed by atoms with Crippen LogP contribution in [0.15, 0.2) is 0 Å². The Balaban J connectivity index is 1.94. The molecule has 1 aromatic rings. The zero-order valence-electron chi connectivity index (χ0n) is 14.2. The third kappa shape index (κ3) is 5.36. The van der Waals surface area contributed by atoms with Gasteiger partial charge in [-0.1, -0.05) is 6.92 Å². The molecule has 1 unspecified atom stereocenters. The lowest BCUT2D eigenvalue weighted by Crippen LogP contribution is -2.25. The molecule has 0 amide bonds. The van der Waals surface area contributed by atoms with Gasteiger partial charge >= 0.3 is 0 Å². The minimum Gasteiger partial charge on any atom is -0.314 e. The average molecular weight is 290 g/mol. The summed E-state index contributed by atoms with van der Waals surface area (Å²) in [6, 6.07) is 0.791. The Morgan fingerprint density at radius 2 is 1.81 bits per heavy atom. The maximum absolute atomic E-state index is 4.71. The lowest BCUT2D eigenvalue weighted by Gasteiger charge is -2.16. The highest BCUT2D eigenvalue weighted by molar-refractivity contribution is 5.25. The summed E-state index contributed by atoms with van der Waals surface area (Å²) >= 11 is 0. The fourth-order valence-electron chi connectivity index (χ4n) is 2.62. The van der Waals surface area contributed by atoms with Crippen LogP contribution in [0.25, 0.3) is 0 Å². The highest BCUT2D eigenvalue weighted by Gasteiger charge is 2.21. The van der Waals surface area contributed by atoms with Crippen LogP contribution in [0.1, 0.15) is 42.5 Å². The van der Waals surface area contributed by atoms with Crippen LogP contribution in [0.2, 0.25) is 0 Å². The zero-order chi connectivity index (χ0) is 15.4. The van der Waals surface area contributed by atoms with Gasteiger partial charge in [-0.15, -0.1) is 0 Å². The second-order valence-corrected chi connectivity index (χ2v) is 6.83. The molecule has 1 atom stereocenters. The molecule has 0 aliphatic heterocycles. The van der Waals surface area contributed by atoms with Crippen molar-refractivity contribution in [3.8, 4) is 0 Å². The van der Waals surface area contributed by atoms with Gasteiger partial charge in [-0.2, -0.15) is 0 Å². The first-order chi connectivity index (χ1) is 9.95. The molecule has 2 rings (SSSR count). The first kappa shape index (κ1) is 16.4. The molecule has 0 radical (unpaired) electrons. The monoisotopic (exact) mass is 290 g/mol. The van der Waals surface area contributed by atoms with E-state index in [4.69, 9.17) is 9.97 Å². The van der Waals surface area contributed by atoms with Crippen LogP contribution >= 0.6 is 0 Å². The van der Waals surface area contributed by atoms with Crippen molar-refractivity contribution in [2.24, 2.45) is 5.92 Å².